The van der Waals surface area contributed by atoms with Crippen LogP contribution in [0, 0.1) is 12.7 Å². The quantitative estimate of drug-likeness (QED) is 0.816. The normalized spacial score (nSPS) is 9.90. The Morgan fingerprint density at radius 3 is 2.40 bits per heavy atom. The van der Waals surface area contributed by atoms with E-state index in [9.17, 15) is 14.0 Å². The van der Waals surface area contributed by atoms with E-state index in [0.717, 1.165) is 6.07 Å². The van der Waals surface area contributed by atoms with E-state index in [-0.39, 0.29) is 5.56 Å². The van der Waals surface area contributed by atoms with E-state index in [1.165, 1.54) is 24.5 Å². The van der Waals surface area contributed by atoms with Crippen molar-refractivity contribution in [2.24, 2.45) is 0 Å². The zero-order valence-corrected chi connectivity index (χ0v) is 10.7. The number of hydrogen-bond acceptors (Lipinski definition) is 3. The van der Waals surface area contributed by atoms with E-state index >= 15 is 0 Å². The van der Waals surface area contributed by atoms with Gasteiger partial charge in [0, 0.05) is 18.0 Å². The molecule has 0 atom stereocenters. The van der Waals surface area contributed by atoms with Crippen molar-refractivity contribution in [3.63, 3.8) is 0 Å². The summed E-state index contributed by atoms with van der Waals surface area (Å²) >= 11 is 0. The molecule has 0 aliphatic carbocycles. The molecule has 2 N–H and O–H groups in total. The first-order valence-corrected chi connectivity index (χ1v) is 5.85. The number of hydrazine groups is 1. The average Bonchev–Trinajstić information content (AvgIpc) is 2.48. The van der Waals surface area contributed by atoms with Gasteiger partial charge in [-0.05, 0) is 36.8 Å². The van der Waals surface area contributed by atoms with E-state index in [4.69, 9.17) is 0 Å². The molecule has 0 unspecified atom stereocenters. The molecular formula is C14H12FN3O2. The lowest BCUT2D eigenvalue weighted by atomic mass is 10.1. The molecule has 20 heavy (non-hydrogen) atoms. The topological polar surface area (TPSA) is 71.1 Å². The number of nitrogens with zero attached hydrogens (tertiary/aromatic N) is 1. The highest BCUT2D eigenvalue weighted by Gasteiger charge is 2.10. The largest absolute Gasteiger partial charge is 0.271 e. The predicted octanol–water partition coefficient (Wildman–Crippen LogP) is 1.60. The molecule has 102 valence electrons. The fourth-order valence-electron chi connectivity index (χ4n) is 1.49. The second-order valence-corrected chi connectivity index (χ2v) is 4.11. The first-order chi connectivity index (χ1) is 9.58. The molecule has 6 heteroatoms. The molecule has 0 bridgehead atoms. The number of aromatic nitrogens is 1. The van der Waals surface area contributed by atoms with Gasteiger partial charge in [0.25, 0.3) is 11.8 Å². The summed E-state index contributed by atoms with van der Waals surface area (Å²) in [7, 11) is 0. The van der Waals surface area contributed by atoms with Crippen LogP contribution in [-0.2, 0) is 0 Å². The van der Waals surface area contributed by atoms with Crippen molar-refractivity contribution in [1.82, 2.24) is 15.8 Å². The number of amides is 2. The third-order valence-corrected chi connectivity index (χ3v) is 2.65. The third kappa shape index (κ3) is 3.17. The van der Waals surface area contributed by atoms with Crippen molar-refractivity contribution < 1.29 is 14.0 Å². The molecule has 0 aliphatic rings. The molecule has 0 fully saturated rings. The van der Waals surface area contributed by atoms with Crippen LogP contribution in [0.2, 0.25) is 0 Å². The Morgan fingerprint density at radius 2 is 1.80 bits per heavy atom. The predicted molar refractivity (Wildman–Crippen MR) is 70.3 cm³/mol. The summed E-state index contributed by atoms with van der Waals surface area (Å²) in [5.41, 5.74) is 5.32. The number of halogens is 1. The number of benzene rings is 1. The van der Waals surface area contributed by atoms with Gasteiger partial charge in [0.2, 0.25) is 0 Å². The number of aryl methyl sites for hydroxylation is 1. The minimum absolute atomic E-state index is 0.125. The monoisotopic (exact) mass is 273 g/mol. The molecule has 5 nitrogen and oxygen atoms in total. The molecule has 0 saturated heterocycles. The molecule has 1 aromatic heterocycles. The van der Waals surface area contributed by atoms with E-state index < -0.39 is 17.6 Å². The highest BCUT2D eigenvalue weighted by Crippen LogP contribution is 2.08. The first kappa shape index (κ1) is 13.7. The molecule has 1 heterocycles. The first-order valence-electron chi connectivity index (χ1n) is 5.85. The third-order valence-electron chi connectivity index (χ3n) is 2.65. The molecule has 0 radical (unpaired) electrons. The maximum absolute atomic E-state index is 13.3. The van der Waals surface area contributed by atoms with Gasteiger partial charge in [0.05, 0.1) is 5.56 Å². The van der Waals surface area contributed by atoms with E-state index in [0.29, 0.717) is 11.1 Å². The Morgan fingerprint density at radius 1 is 1.10 bits per heavy atom. The Balaban J connectivity index is 1.98. The van der Waals surface area contributed by atoms with Crippen LogP contribution in [0.5, 0.6) is 0 Å². The van der Waals surface area contributed by atoms with Crippen molar-refractivity contribution in [3.8, 4) is 0 Å². The minimum atomic E-state index is -0.596. The lowest BCUT2D eigenvalue weighted by Gasteiger charge is -2.07. The summed E-state index contributed by atoms with van der Waals surface area (Å²) in [5.74, 6) is -1.57. The van der Waals surface area contributed by atoms with Gasteiger partial charge in [-0.2, -0.15) is 0 Å². The summed E-state index contributed by atoms with van der Waals surface area (Å²) in [4.78, 5) is 27.2. The van der Waals surface area contributed by atoms with Gasteiger partial charge in [0.1, 0.15) is 5.82 Å². The van der Waals surface area contributed by atoms with Crippen molar-refractivity contribution in [1.29, 1.82) is 0 Å². The van der Waals surface area contributed by atoms with Crippen LogP contribution >= 0.6 is 0 Å². The number of rotatable bonds is 2. The SMILES string of the molecule is Cc1ccc(C(=O)NNC(=O)c2cccnc2)cc1F. The van der Waals surface area contributed by atoms with Crippen molar-refractivity contribution >= 4 is 11.8 Å². The number of nitrogens with one attached hydrogen (secondary N) is 2. The van der Waals surface area contributed by atoms with Crippen molar-refractivity contribution in [2.75, 3.05) is 0 Å². The number of pyridine rings is 1. The summed E-state index contributed by atoms with van der Waals surface area (Å²) < 4.78 is 13.3. The number of carbonyl (C=O) groups excluding carboxylic acids is 2. The maximum Gasteiger partial charge on any atom is 0.271 e. The fraction of sp³-hybridized carbons (Fsp3) is 0.0714. The van der Waals surface area contributed by atoms with Crippen LogP contribution < -0.4 is 10.9 Å². The van der Waals surface area contributed by atoms with Crippen LogP contribution in [0.1, 0.15) is 26.3 Å². The molecule has 0 saturated carbocycles. The lowest BCUT2D eigenvalue weighted by molar-refractivity contribution is 0.0846. The van der Waals surface area contributed by atoms with Crippen molar-refractivity contribution in [2.45, 2.75) is 6.92 Å². The molecule has 2 aromatic rings. The Hall–Kier alpha value is -2.76. The van der Waals surface area contributed by atoms with E-state index in [1.54, 1.807) is 19.1 Å². The van der Waals surface area contributed by atoms with Gasteiger partial charge in [-0.25, -0.2) is 4.39 Å². The second kappa shape index (κ2) is 5.92. The van der Waals surface area contributed by atoms with Crippen LogP contribution in [-0.4, -0.2) is 16.8 Å². The molecule has 2 rings (SSSR count). The Labute approximate surface area is 114 Å². The van der Waals surface area contributed by atoms with Gasteiger partial charge < -0.3 is 0 Å². The summed E-state index contributed by atoms with van der Waals surface area (Å²) in [6, 6.07) is 7.24. The minimum Gasteiger partial charge on any atom is -0.267 e. The molecule has 1 aromatic carbocycles. The van der Waals surface area contributed by atoms with E-state index in [2.05, 4.69) is 15.8 Å². The zero-order chi connectivity index (χ0) is 14.5. The molecular weight excluding hydrogens is 261 g/mol. The van der Waals surface area contributed by atoms with Gasteiger partial charge in [-0.1, -0.05) is 6.07 Å². The average molecular weight is 273 g/mol. The summed E-state index contributed by atoms with van der Waals surface area (Å²) in [6.45, 7) is 1.60. The van der Waals surface area contributed by atoms with Crippen LogP contribution in [0.4, 0.5) is 4.39 Å². The van der Waals surface area contributed by atoms with Gasteiger partial charge in [-0.3, -0.25) is 25.4 Å². The standard InChI is InChI=1S/C14H12FN3O2/c1-9-4-5-10(7-12(9)15)13(19)17-18-14(20)11-3-2-6-16-8-11/h2-8H,1H3,(H,17,19)(H,18,20). The van der Waals surface area contributed by atoms with Gasteiger partial charge in [-0.15, -0.1) is 0 Å². The highest BCUT2D eigenvalue weighted by molar-refractivity contribution is 5.98. The van der Waals surface area contributed by atoms with Gasteiger partial charge >= 0.3 is 0 Å². The van der Waals surface area contributed by atoms with Crippen LogP contribution in [0.3, 0.4) is 0 Å². The van der Waals surface area contributed by atoms with Crippen LogP contribution in [0.25, 0.3) is 0 Å². The lowest BCUT2D eigenvalue weighted by Crippen LogP contribution is -2.41. The number of hydrogen-bond donors (Lipinski definition) is 2. The summed E-state index contributed by atoms with van der Waals surface area (Å²) in [6.07, 6.45) is 2.90. The molecule has 0 aliphatic heterocycles. The van der Waals surface area contributed by atoms with Crippen LogP contribution in [0.15, 0.2) is 42.7 Å². The smallest absolute Gasteiger partial charge is 0.267 e. The second-order valence-electron chi connectivity index (χ2n) is 4.11. The maximum atomic E-state index is 13.3. The number of carbonyl (C=O) groups is 2. The Bertz CT molecular complexity index is 644. The van der Waals surface area contributed by atoms with Crippen molar-refractivity contribution in [3.05, 3.63) is 65.2 Å². The molecule has 2 amide bonds. The molecule has 0 spiro atoms. The van der Waals surface area contributed by atoms with Gasteiger partial charge in [0.15, 0.2) is 0 Å². The zero-order valence-electron chi connectivity index (χ0n) is 10.7. The highest BCUT2D eigenvalue weighted by atomic mass is 19.1. The fourth-order valence-corrected chi connectivity index (χ4v) is 1.49. The van der Waals surface area contributed by atoms with E-state index in [1.807, 2.05) is 0 Å². The summed E-state index contributed by atoms with van der Waals surface area (Å²) in [5, 5.41) is 0. The Kier molecular flexibility index (Phi) is 4.05.